The maximum absolute atomic E-state index is 11.4. The van der Waals surface area contributed by atoms with Gasteiger partial charge < -0.3 is 16.4 Å². The quantitative estimate of drug-likeness (QED) is 0.410. The van der Waals surface area contributed by atoms with Gasteiger partial charge in [0.05, 0.1) is 4.92 Å². The topological polar surface area (TPSA) is 110 Å². The molecule has 0 aliphatic heterocycles. The number of carbonyl (C=O) groups is 1. The lowest BCUT2D eigenvalue weighted by Crippen LogP contribution is -2.31. The molecule has 0 bridgehead atoms. The van der Waals surface area contributed by atoms with Crippen molar-refractivity contribution in [1.82, 2.24) is 5.32 Å². The first-order chi connectivity index (χ1) is 8.91. The van der Waals surface area contributed by atoms with Crippen LogP contribution in [0.4, 0.5) is 17.1 Å². The maximum Gasteiger partial charge on any atom is 0.314 e. The standard InChI is InChI=1S/C12H18N4O3/c1-8(2)15-11(17)6-7-14-10-5-3-4-9(13)12(10)16(18)19/h3-5,8,14H,6-7,13H2,1-2H3,(H,15,17). The van der Waals surface area contributed by atoms with E-state index >= 15 is 0 Å². The highest BCUT2D eigenvalue weighted by Gasteiger charge is 2.17. The van der Waals surface area contributed by atoms with Crippen LogP contribution in [-0.4, -0.2) is 23.4 Å². The summed E-state index contributed by atoms with van der Waals surface area (Å²) in [6, 6.07) is 4.73. The van der Waals surface area contributed by atoms with Gasteiger partial charge in [0.15, 0.2) is 0 Å². The van der Waals surface area contributed by atoms with Crippen LogP contribution in [0.5, 0.6) is 0 Å². The highest BCUT2D eigenvalue weighted by molar-refractivity contribution is 5.78. The molecule has 1 aromatic rings. The third-order valence-electron chi connectivity index (χ3n) is 2.37. The molecule has 1 amide bonds. The molecule has 19 heavy (non-hydrogen) atoms. The van der Waals surface area contributed by atoms with Crippen LogP contribution in [0.2, 0.25) is 0 Å². The fraction of sp³-hybridized carbons (Fsp3) is 0.417. The van der Waals surface area contributed by atoms with Gasteiger partial charge in [-0.25, -0.2) is 0 Å². The Balaban J connectivity index is 2.61. The summed E-state index contributed by atoms with van der Waals surface area (Å²) in [6.07, 6.45) is 0.240. The van der Waals surface area contributed by atoms with Crippen molar-refractivity contribution >= 4 is 23.0 Å². The Kier molecular flexibility index (Phi) is 5.11. The summed E-state index contributed by atoms with van der Waals surface area (Å²) in [6.45, 7) is 4.05. The first-order valence-electron chi connectivity index (χ1n) is 5.98. The first kappa shape index (κ1) is 14.7. The van der Waals surface area contributed by atoms with Gasteiger partial charge >= 0.3 is 5.69 Å². The lowest BCUT2D eigenvalue weighted by Gasteiger charge is -2.10. The number of carbonyl (C=O) groups excluding carboxylic acids is 1. The molecule has 0 unspecified atom stereocenters. The molecule has 0 heterocycles. The molecular weight excluding hydrogens is 248 g/mol. The molecule has 1 aromatic carbocycles. The fourth-order valence-electron chi connectivity index (χ4n) is 1.61. The van der Waals surface area contributed by atoms with Crippen LogP contribution in [0, 0.1) is 10.1 Å². The Labute approximate surface area is 111 Å². The van der Waals surface area contributed by atoms with Crippen LogP contribution < -0.4 is 16.4 Å². The molecule has 0 fully saturated rings. The van der Waals surface area contributed by atoms with Gasteiger partial charge in [-0.1, -0.05) is 6.07 Å². The third kappa shape index (κ3) is 4.46. The Hall–Kier alpha value is -2.31. The minimum Gasteiger partial charge on any atom is -0.393 e. The molecule has 0 aliphatic rings. The van der Waals surface area contributed by atoms with Crippen LogP contribution in [0.25, 0.3) is 0 Å². The van der Waals surface area contributed by atoms with Crippen LogP contribution in [0.3, 0.4) is 0 Å². The van der Waals surface area contributed by atoms with Crippen molar-refractivity contribution in [2.24, 2.45) is 0 Å². The number of nitro benzene ring substituents is 1. The molecule has 0 radical (unpaired) electrons. The fourth-order valence-corrected chi connectivity index (χ4v) is 1.61. The van der Waals surface area contributed by atoms with E-state index in [0.717, 1.165) is 0 Å². The van der Waals surface area contributed by atoms with Crippen LogP contribution >= 0.6 is 0 Å². The van der Waals surface area contributed by atoms with Crippen molar-refractivity contribution in [3.05, 3.63) is 28.3 Å². The summed E-state index contributed by atoms with van der Waals surface area (Å²) in [7, 11) is 0. The second-order valence-electron chi connectivity index (χ2n) is 4.40. The van der Waals surface area contributed by atoms with Crippen molar-refractivity contribution < 1.29 is 9.72 Å². The van der Waals surface area contributed by atoms with Crippen LogP contribution in [-0.2, 0) is 4.79 Å². The SMILES string of the molecule is CC(C)NC(=O)CCNc1cccc(N)c1[N+](=O)[O-]. The monoisotopic (exact) mass is 266 g/mol. The number of nitro groups is 1. The second kappa shape index (κ2) is 6.58. The minimum absolute atomic E-state index is 0.0780. The molecule has 104 valence electrons. The lowest BCUT2D eigenvalue weighted by molar-refractivity contribution is -0.383. The molecule has 0 saturated heterocycles. The summed E-state index contributed by atoms with van der Waals surface area (Å²) in [5.41, 5.74) is 5.82. The number of para-hydroxylation sites is 1. The number of nitrogen functional groups attached to an aromatic ring is 1. The van der Waals surface area contributed by atoms with Crippen LogP contribution in [0.15, 0.2) is 18.2 Å². The zero-order valence-electron chi connectivity index (χ0n) is 11.0. The van der Waals surface area contributed by atoms with E-state index in [2.05, 4.69) is 10.6 Å². The van der Waals surface area contributed by atoms with Crippen molar-refractivity contribution in [2.45, 2.75) is 26.3 Å². The zero-order valence-corrected chi connectivity index (χ0v) is 11.0. The molecule has 0 aliphatic carbocycles. The number of anilines is 2. The van der Waals surface area contributed by atoms with Gasteiger partial charge in [0, 0.05) is 19.0 Å². The zero-order chi connectivity index (χ0) is 14.4. The van der Waals surface area contributed by atoms with Gasteiger partial charge in [0.25, 0.3) is 0 Å². The summed E-state index contributed by atoms with van der Waals surface area (Å²) >= 11 is 0. The predicted octanol–water partition coefficient (Wildman–Crippen LogP) is 1.50. The molecule has 0 saturated carbocycles. The first-order valence-corrected chi connectivity index (χ1v) is 5.98. The predicted molar refractivity (Wildman–Crippen MR) is 73.9 cm³/mol. The average Bonchev–Trinajstić information content (AvgIpc) is 2.27. The van der Waals surface area contributed by atoms with Gasteiger partial charge in [-0.05, 0) is 26.0 Å². The molecule has 7 nitrogen and oxygen atoms in total. The molecule has 0 atom stereocenters. The number of nitrogens with zero attached hydrogens (tertiary/aromatic N) is 1. The number of rotatable bonds is 6. The molecular formula is C12H18N4O3. The Morgan fingerprint density at radius 3 is 2.74 bits per heavy atom. The molecule has 4 N–H and O–H groups in total. The highest BCUT2D eigenvalue weighted by atomic mass is 16.6. The van der Waals surface area contributed by atoms with Gasteiger partial charge in [0.2, 0.25) is 5.91 Å². The Morgan fingerprint density at radius 2 is 2.16 bits per heavy atom. The van der Waals surface area contributed by atoms with E-state index in [4.69, 9.17) is 5.73 Å². The van der Waals surface area contributed by atoms with Gasteiger partial charge in [-0.3, -0.25) is 14.9 Å². The molecule has 7 heteroatoms. The minimum atomic E-state index is -0.536. The lowest BCUT2D eigenvalue weighted by atomic mass is 10.2. The number of hydrogen-bond donors (Lipinski definition) is 3. The maximum atomic E-state index is 11.4. The molecule has 1 rings (SSSR count). The Bertz CT molecular complexity index is 474. The number of benzene rings is 1. The van der Waals surface area contributed by atoms with E-state index in [0.29, 0.717) is 12.2 Å². The number of nitrogens with one attached hydrogen (secondary N) is 2. The van der Waals surface area contributed by atoms with Crippen molar-refractivity contribution in [3.63, 3.8) is 0 Å². The highest BCUT2D eigenvalue weighted by Crippen LogP contribution is 2.30. The van der Waals surface area contributed by atoms with Crippen molar-refractivity contribution in [3.8, 4) is 0 Å². The second-order valence-corrected chi connectivity index (χ2v) is 4.40. The van der Waals surface area contributed by atoms with Gasteiger partial charge in [-0.15, -0.1) is 0 Å². The Morgan fingerprint density at radius 1 is 1.47 bits per heavy atom. The van der Waals surface area contributed by atoms with Crippen LogP contribution in [0.1, 0.15) is 20.3 Å². The number of amides is 1. The van der Waals surface area contributed by atoms with E-state index in [1.165, 1.54) is 6.07 Å². The number of nitrogens with two attached hydrogens (primary N) is 1. The summed E-state index contributed by atoms with van der Waals surface area (Å²) in [5.74, 6) is -0.103. The van der Waals surface area contributed by atoms with E-state index in [9.17, 15) is 14.9 Å². The average molecular weight is 266 g/mol. The number of hydrogen-bond acceptors (Lipinski definition) is 5. The summed E-state index contributed by atoms with van der Waals surface area (Å²) in [4.78, 5) is 21.8. The van der Waals surface area contributed by atoms with Crippen molar-refractivity contribution in [1.29, 1.82) is 0 Å². The van der Waals surface area contributed by atoms with E-state index < -0.39 is 4.92 Å². The normalized spacial score (nSPS) is 10.3. The molecule has 0 spiro atoms. The van der Waals surface area contributed by atoms with Crippen molar-refractivity contribution in [2.75, 3.05) is 17.6 Å². The molecule has 0 aromatic heterocycles. The third-order valence-corrected chi connectivity index (χ3v) is 2.37. The van der Waals surface area contributed by atoms with E-state index in [-0.39, 0.29) is 29.7 Å². The largest absolute Gasteiger partial charge is 0.393 e. The van der Waals surface area contributed by atoms with Gasteiger partial charge in [-0.2, -0.15) is 0 Å². The van der Waals surface area contributed by atoms with E-state index in [1.54, 1.807) is 12.1 Å². The van der Waals surface area contributed by atoms with E-state index in [1.807, 2.05) is 13.8 Å². The summed E-state index contributed by atoms with van der Waals surface area (Å²) < 4.78 is 0. The summed E-state index contributed by atoms with van der Waals surface area (Å²) in [5, 5.41) is 16.5. The smallest absolute Gasteiger partial charge is 0.314 e. The van der Waals surface area contributed by atoms with Gasteiger partial charge in [0.1, 0.15) is 11.4 Å².